The van der Waals surface area contributed by atoms with Gasteiger partial charge in [-0.1, -0.05) is 43.7 Å². The van der Waals surface area contributed by atoms with Crippen LogP contribution in [0.25, 0.3) is 0 Å². The van der Waals surface area contributed by atoms with E-state index in [4.69, 9.17) is 5.73 Å². The molecule has 2 aromatic carbocycles. The second-order valence-corrected chi connectivity index (χ2v) is 5.99. The number of carbonyl (C=O) groups excluding carboxylic acids is 1. The molecule has 1 amide bonds. The number of benzene rings is 2. The van der Waals surface area contributed by atoms with Crippen LogP contribution in [0.2, 0.25) is 0 Å². The first-order chi connectivity index (χ1) is 9.92. The molecular formula is C18H22N2O. The predicted octanol–water partition coefficient (Wildman–Crippen LogP) is 3.48. The summed E-state index contributed by atoms with van der Waals surface area (Å²) < 4.78 is 0. The minimum absolute atomic E-state index is 0.0565. The van der Waals surface area contributed by atoms with E-state index < -0.39 is 0 Å². The SMILES string of the molecule is Cc1cccc(C(=O)Nc2ccc(C(C)(C)CN)cc2)c1. The van der Waals surface area contributed by atoms with Crippen molar-refractivity contribution >= 4 is 11.6 Å². The van der Waals surface area contributed by atoms with Gasteiger partial charge in [0.25, 0.3) is 5.91 Å². The summed E-state index contributed by atoms with van der Waals surface area (Å²) in [4.78, 5) is 12.2. The zero-order valence-corrected chi connectivity index (χ0v) is 12.8. The molecule has 0 atom stereocenters. The Morgan fingerprint density at radius 1 is 1.14 bits per heavy atom. The lowest BCUT2D eigenvalue weighted by Crippen LogP contribution is -2.27. The number of anilines is 1. The van der Waals surface area contributed by atoms with Gasteiger partial charge in [-0.3, -0.25) is 4.79 Å². The molecule has 2 rings (SSSR count). The number of amides is 1. The van der Waals surface area contributed by atoms with E-state index in [0.29, 0.717) is 12.1 Å². The predicted molar refractivity (Wildman–Crippen MR) is 87.7 cm³/mol. The highest BCUT2D eigenvalue weighted by Gasteiger charge is 2.18. The largest absolute Gasteiger partial charge is 0.330 e. The maximum atomic E-state index is 12.2. The Morgan fingerprint density at radius 3 is 2.38 bits per heavy atom. The molecule has 2 aromatic rings. The highest BCUT2D eigenvalue weighted by Crippen LogP contribution is 2.23. The summed E-state index contributed by atoms with van der Waals surface area (Å²) in [5.41, 5.74) is 9.42. The summed E-state index contributed by atoms with van der Waals surface area (Å²) in [7, 11) is 0. The molecule has 0 aliphatic carbocycles. The number of carbonyl (C=O) groups is 1. The first kappa shape index (κ1) is 15.3. The van der Waals surface area contributed by atoms with Crippen LogP contribution >= 0.6 is 0 Å². The van der Waals surface area contributed by atoms with E-state index in [0.717, 1.165) is 11.3 Å². The normalized spacial score (nSPS) is 11.2. The Labute approximate surface area is 126 Å². The van der Waals surface area contributed by atoms with Gasteiger partial charge in [0.2, 0.25) is 0 Å². The van der Waals surface area contributed by atoms with Gasteiger partial charge in [0, 0.05) is 23.2 Å². The topological polar surface area (TPSA) is 55.1 Å². The molecule has 21 heavy (non-hydrogen) atoms. The van der Waals surface area contributed by atoms with E-state index in [2.05, 4.69) is 19.2 Å². The molecule has 0 aromatic heterocycles. The molecule has 0 heterocycles. The molecule has 0 aliphatic heterocycles. The van der Waals surface area contributed by atoms with E-state index >= 15 is 0 Å². The Morgan fingerprint density at radius 2 is 1.81 bits per heavy atom. The summed E-state index contributed by atoms with van der Waals surface area (Å²) in [6, 6.07) is 15.4. The van der Waals surface area contributed by atoms with Crippen LogP contribution in [0.1, 0.15) is 35.3 Å². The minimum atomic E-state index is -0.0930. The summed E-state index contributed by atoms with van der Waals surface area (Å²) in [6.07, 6.45) is 0. The Bertz CT molecular complexity index is 630. The van der Waals surface area contributed by atoms with Crippen molar-refractivity contribution in [2.24, 2.45) is 5.73 Å². The Hall–Kier alpha value is -2.13. The average molecular weight is 282 g/mol. The Balaban J connectivity index is 2.12. The van der Waals surface area contributed by atoms with Gasteiger partial charge in [-0.05, 0) is 36.8 Å². The standard InChI is InChI=1S/C18H22N2O/c1-13-5-4-6-14(11-13)17(21)20-16-9-7-15(8-10-16)18(2,3)12-19/h4-11H,12,19H2,1-3H3,(H,20,21). The van der Waals surface area contributed by atoms with Crippen LogP contribution in [0.5, 0.6) is 0 Å². The average Bonchev–Trinajstić information content (AvgIpc) is 2.48. The first-order valence-corrected chi connectivity index (χ1v) is 7.11. The van der Waals surface area contributed by atoms with Crippen LogP contribution in [-0.2, 0) is 5.41 Å². The third-order valence-electron chi connectivity index (χ3n) is 3.71. The highest BCUT2D eigenvalue weighted by atomic mass is 16.1. The number of rotatable bonds is 4. The van der Waals surface area contributed by atoms with Crippen molar-refractivity contribution in [3.63, 3.8) is 0 Å². The Kier molecular flexibility index (Phi) is 4.43. The van der Waals surface area contributed by atoms with Crippen LogP contribution in [0.15, 0.2) is 48.5 Å². The van der Waals surface area contributed by atoms with Crippen molar-refractivity contribution < 1.29 is 4.79 Å². The lowest BCUT2D eigenvalue weighted by molar-refractivity contribution is 0.102. The van der Waals surface area contributed by atoms with E-state index in [-0.39, 0.29) is 11.3 Å². The second kappa shape index (κ2) is 6.10. The van der Waals surface area contributed by atoms with E-state index in [1.54, 1.807) is 0 Å². The molecule has 110 valence electrons. The van der Waals surface area contributed by atoms with Crippen LogP contribution in [0.3, 0.4) is 0 Å². The van der Waals surface area contributed by atoms with Gasteiger partial charge in [0.1, 0.15) is 0 Å². The van der Waals surface area contributed by atoms with Crippen LogP contribution in [-0.4, -0.2) is 12.5 Å². The number of hydrogen-bond acceptors (Lipinski definition) is 2. The van der Waals surface area contributed by atoms with E-state index in [1.807, 2.05) is 55.5 Å². The molecule has 3 N–H and O–H groups in total. The van der Waals surface area contributed by atoms with Crippen molar-refractivity contribution in [3.8, 4) is 0 Å². The number of hydrogen-bond donors (Lipinski definition) is 2. The van der Waals surface area contributed by atoms with E-state index in [1.165, 1.54) is 5.56 Å². The van der Waals surface area contributed by atoms with Gasteiger partial charge in [-0.25, -0.2) is 0 Å². The number of aryl methyl sites for hydroxylation is 1. The maximum absolute atomic E-state index is 12.2. The molecular weight excluding hydrogens is 260 g/mol. The van der Waals surface area contributed by atoms with Crippen molar-refractivity contribution in [1.29, 1.82) is 0 Å². The highest BCUT2D eigenvalue weighted by molar-refractivity contribution is 6.04. The third-order valence-corrected chi connectivity index (χ3v) is 3.71. The fourth-order valence-corrected chi connectivity index (χ4v) is 2.11. The smallest absolute Gasteiger partial charge is 0.255 e. The van der Waals surface area contributed by atoms with E-state index in [9.17, 15) is 4.79 Å². The molecule has 3 nitrogen and oxygen atoms in total. The molecule has 0 aliphatic rings. The summed E-state index contributed by atoms with van der Waals surface area (Å²) in [6.45, 7) is 6.77. The molecule has 3 heteroatoms. The summed E-state index contributed by atoms with van der Waals surface area (Å²) >= 11 is 0. The number of nitrogens with two attached hydrogens (primary N) is 1. The third kappa shape index (κ3) is 3.70. The lowest BCUT2D eigenvalue weighted by Gasteiger charge is -2.23. The summed E-state index contributed by atoms with van der Waals surface area (Å²) in [5, 5.41) is 2.91. The zero-order valence-electron chi connectivity index (χ0n) is 12.8. The molecule has 0 radical (unpaired) electrons. The summed E-state index contributed by atoms with van der Waals surface area (Å²) in [5.74, 6) is -0.0930. The fraction of sp³-hybridized carbons (Fsp3) is 0.278. The fourth-order valence-electron chi connectivity index (χ4n) is 2.11. The molecule has 0 spiro atoms. The monoisotopic (exact) mass is 282 g/mol. The lowest BCUT2D eigenvalue weighted by atomic mass is 9.85. The van der Waals surface area contributed by atoms with Crippen LogP contribution in [0, 0.1) is 6.92 Å². The van der Waals surface area contributed by atoms with Gasteiger partial charge in [0.05, 0.1) is 0 Å². The van der Waals surface area contributed by atoms with Crippen molar-refractivity contribution in [1.82, 2.24) is 0 Å². The van der Waals surface area contributed by atoms with Crippen LogP contribution < -0.4 is 11.1 Å². The van der Waals surface area contributed by atoms with Gasteiger partial charge >= 0.3 is 0 Å². The molecule has 0 unspecified atom stereocenters. The van der Waals surface area contributed by atoms with Gasteiger partial charge < -0.3 is 11.1 Å². The van der Waals surface area contributed by atoms with Crippen molar-refractivity contribution in [2.45, 2.75) is 26.2 Å². The van der Waals surface area contributed by atoms with Crippen molar-refractivity contribution in [2.75, 3.05) is 11.9 Å². The molecule has 0 bridgehead atoms. The first-order valence-electron chi connectivity index (χ1n) is 7.11. The molecule has 0 saturated heterocycles. The maximum Gasteiger partial charge on any atom is 0.255 e. The van der Waals surface area contributed by atoms with Gasteiger partial charge in [-0.15, -0.1) is 0 Å². The van der Waals surface area contributed by atoms with Crippen molar-refractivity contribution in [3.05, 3.63) is 65.2 Å². The molecule has 0 fully saturated rings. The zero-order chi connectivity index (χ0) is 15.5. The second-order valence-electron chi connectivity index (χ2n) is 5.99. The van der Waals surface area contributed by atoms with Gasteiger partial charge in [0.15, 0.2) is 0 Å². The minimum Gasteiger partial charge on any atom is -0.330 e. The van der Waals surface area contributed by atoms with Gasteiger partial charge in [-0.2, -0.15) is 0 Å². The number of nitrogens with one attached hydrogen (secondary N) is 1. The van der Waals surface area contributed by atoms with Crippen LogP contribution in [0.4, 0.5) is 5.69 Å². The molecule has 0 saturated carbocycles. The quantitative estimate of drug-likeness (QED) is 0.902.